The van der Waals surface area contributed by atoms with E-state index in [-0.39, 0.29) is 0 Å². The topological polar surface area (TPSA) is 54.1 Å². The molecule has 0 spiro atoms. The maximum Gasteiger partial charge on any atom is 0.141 e. The van der Waals surface area contributed by atoms with Gasteiger partial charge < -0.3 is 9.47 Å². The molecule has 0 N–H and O–H groups in total. The van der Waals surface area contributed by atoms with E-state index in [0.29, 0.717) is 0 Å². The van der Waals surface area contributed by atoms with E-state index in [2.05, 4.69) is 124 Å². The van der Waals surface area contributed by atoms with Gasteiger partial charge in [-0.25, -0.2) is 9.67 Å². The number of ether oxygens (including phenoxy) is 2. The molecule has 0 saturated heterocycles. The van der Waals surface area contributed by atoms with Crippen LogP contribution in [0.15, 0.2) is 91.1 Å². The highest BCUT2D eigenvalue weighted by Gasteiger charge is 2.22. The molecule has 3 aromatic heterocycles. The molecule has 0 saturated carbocycles. The van der Waals surface area contributed by atoms with Gasteiger partial charge in [-0.1, -0.05) is 63.1 Å². The normalized spacial score (nSPS) is 11.5. The molecule has 0 unspecified atom stereocenters. The van der Waals surface area contributed by atoms with Crippen molar-refractivity contribution < 1.29 is 9.47 Å². The molecule has 4 aromatic carbocycles. The number of para-hydroxylation sites is 1. The van der Waals surface area contributed by atoms with Crippen molar-refractivity contribution in [2.75, 3.05) is 7.11 Å². The SMILES string of the molecule is CCCc1cc(Oc2ccc3c4ccccc4n(-c4cc(OC)ccn4)c3c2)cc(-n2nc(CC)c(-c3c(C)cc(C)cc3C)c2CC)c1. The molecule has 6 heteroatoms. The summed E-state index contributed by atoms with van der Waals surface area (Å²) >= 11 is 0. The first-order valence-electron chi connectivity index (χ1n) is 17.4. The van der Waals surface area contributed by atoms with Gasteiger partial charge in [-0.15, -0.1) is 0 Å². The van der Waals surface area contributed by atoms with Gasteiger partial charge in [0.25, 0.3) is 0 Å². The number of aryl methyl sites for hydroxylation is 5. The van der Waals surface area contributed by atoms with Crippen molar-refractivity contribution in [3.8, 4) is 39.9 Å². The second-order valence-corrected chi connectivity index (χ2v) is 12.9. The summed E-state index contributed by atoms with van der Waals surface area (Å²) in [5.74, 6) is 3.11. The van der Waals surface area contributed by atoms with E-state index in [4.69, 9.17) is 19.6 Å². The molecule has 0 aliphatic heterocycles. The molecule has 0 radical (unpaired) electrons. The van der Waals surface area contributed by atoms with Crippen LogP contribution in [-0.4, -0.2) is 26.4 Å². The Labute approximate surface area is 289 Å². The molecule has 0 fully saturated rings. The molecule has 0 amide bonds. The third-order valence-electron chi connectivity index (χ3n) is 9.45. The van der Waals surface area contributed by atoms with E-state index >= 15 is 0 Å². The summed E-state index contributed by atoms with van der Waals surface area (Å²) in [6.07, 6.45) is 5.49. The minimum atomic E-state index is 0.760. The molecular weight excluding hydrogens is 604 g/mol. The van der Waals surface area contributed by atoms with Crippen LogP contribution >= 0.6 is 0 Å². The lowest BCUT2D eigenvalue weighted by molar-refractivity contribution is 0.414. The smallest absolute Gasteiger partial charge is 0.141 e. The summed E-state index contributed by atoms with van der Waals surface area (Å²) in [5, 5.41) is 7.56. The summed E-state index contributed by atoms with van der Waals surface area (Å²) in [6, 6.07) is 29.7. The number of nitrogens with zero attached hydrogens (tertiary/aromatic N) is 4. The maximum absolute atomic E-state index is 6.74. The van der Waals surface area contributed by atoms with Gasteiger partial charge in [0, 0.05) is 40.7 Å². The third kappa shape index (κ3) is 5.86. The van der Waals surface area contributed by atoms with Crippen LogP contribution in [-0.2, 0) is 19.3 Å². The van der Waals surface area contributed by atoms with E-state index in [0.717, 1.165) is 81.9 Å². The fourth-order valence-corrected chi connectivity index (χ4v) is 7.46. The van der Waals surface area contributed by atoms with Gasteiger partial charge in [0.2, 0.25) is 0 Å². The molecule has 0 atom stereocenters. The number of aromatic nitrogens is 4. The molecule has 7 rings (SSSR count). The fraction of sp³-hybridized carbons (Fsp3) is 0.256. The van der Waals surface area contributed by atoms with E-state index in [1.54, 1.807) is 13.3 Å². The molecule has 3 heterocycles. The first-order valence-corrected chi connectivity index (χ1v) is 17.4. The number of benzene rings is 4. The quantitative estimate of drug-likeness (QED) is 0.148. The Morgan fingerprint density at radius 3 is 2.20 bits per heavy atom. The number of hydrogen-bond donors (Lipinski definition) is 0. The standard InChI is InChI=1S/C43H44N4O2/c1-8-13-30-22-31(47-38(10-3)43(37(9-2)45-47)42-28(5)20-27(4)21-29(42)6)24-34(23-30)49-33-16-17-36-35-14-11-12-15-39(35)46(40(36)25-33)41-26-32(48-7)18-19-44-41/h11-12,14-26H,8-10,13H2,1-7H3. The lowest BCUT2D eigenvalue weighted by Gasteiger charge is -2.15. The minimum Gasteiger partial charge on any atom is -0.497 e. The number of methoxy groups -OCH3 is 1. The molecule has 7 aromatic rings. The van der Waals surface area contributed by atoms with Gasteiger partial charge in [-0.2, -0.15) is 5.10 Å². The Bertz CT molecular complexity index is 2300. The zero-order valence-corrected chi connectivity index (χ0v) is 29.6. The largest absolute Gasteiger partial charge is 0.497 e. The molecule has 0 bridgehead atoms. The second-order valence-electron chi connectivity index (χ2n) is 12.9. The number of pyridine rings is 1. The number of hydrogen-bond acceptors (Lipinski definition) is 4. The molecule has 0 aliphatic carbocycles. The van der Waals surface area contributed by atoms with E-state index < -0.39 is 0 Å². The van der Waals surface area contributed by atoms with Crippen molar-refractivity contribution in [2.24, 2.45) is 0 Å². The molecule has 248 valence electrons. The fourth-order valence-electron chi connectivity index (χ4n) is 7.46. The van der Waals surface area contributed by atoms with Gasteiger partial charge >= 0.3 is 0 Å². The summed E-state index contributed by atoms with van der Waals surface area (Å²) in [7, 11) is 1.68. The Kier molecular flexibility index (Phi) is 8.72. The van der Waals surface area contributed by atoms with Crippen LogP contribution in [0.5, 0.6) is 17.2 Å². The molecule has 49 heavy (non-hydrogen) atoms. The van der Waals surface area contributed by atoms with Crippen molar-refractivity contribution in [2.45, 2.75) is 67.2 Å². The monoisotopic (exact) mass is 648 g/mol. The average molecular weight is 649 g/mol. The van der Waals surface area contributed by atoms with Gasteiger partial charge in [0.05, 0.1) is 35.2 Å². The highest BCUT2D eigenvalue weighted by Crippen LogP contribution is 2.38. The van der Waals surface area contributed by atoms with Gasteiger partial charge in [-0.05, 0) is 98.7 Å². The Morgan fingerprint density at radius 2 is 1.47 bits per heavy atom. The Morgan fingerprint density at radius 1 is 0.694 bits per heavy atom. The van der Waals surface area contributed by atoms with Crippen LogP contribution in [0, 0.1) is 20.8 Å². The van der Waals surface area contributed by atoms with Crippen molar-refractivity contribution in [1.82, 2.24) is 19.3 Å². The predicted octanol–water partition coefficient (Wildman–Crippen LogP) is 10.8. The van der Waals surface area contributed by atoms with Gasteiger partial charge in [-0.3, -0.25) is 4.57 Å². The van der Waals surface area contributed by atoms with Crippen LogP contribution < -0.4 is 9.47 Å². The Hall–Kier alpha value is -5.36. The Balaban J connectivity index is 1.35. The third-order valence-corrected chi connectivity index (χ3v) is 9.45. The average Bonchev–Trinajstić information content (AvgIpc) is 3.63. The van der Waals surface area contributed by atoms with Crippen LogP contribution in [0.3, 0.4) is 0 Å². The lowest BCUT2D eigenvalue weighted by atomic mass is 9.91. The molecular formula is C43H44N4O2. The highest BCUT2D eigenvalue weighted by atomic mass is 16.5. The number of fused-ring (bicyclic) bond motifs is 3. The minimum absolute atomic E-state index is 0.760. The first-order chi connectivity index (χ1) is 23.8. The van der Waals surface area contributed by atoms with Crippen LogP contribution in [0.25, 0.3) is 44.4 Å². The van der Waals surface area contributed by atoms with E-state index in [9.17, 15) is 0 Å². The summed E-state index contributed by atoms with van der Waals surface area (Å²) in [6.45, 7) is 13.3. The maximum atomic E-state index is 6.74. The predicted molar refractivity (Wildman–Crippen MR) is 201 cm³/mol. The summed E-state index contributed by atoms with van der Waals surface area (Å²) in [5.41, 5.74) is 13.2. The van der Waals surface area contributed by atoms with Crippen molar-refractivity contribution in [3.05, 3.63) is 125 Å². The van der Waals surface area contributed by atoms with Crippen molar-refractivity contribution in [1.29, 1.82) is 0 Å². The first kappa shape index (κ1) is 32.2. The highest BCUT2D eigenvalue weighted by molar-refractivity contribution is 6.09. The zero-order valence-electron chi connectivity index (χ0n) is 29.6. The zero-order chi connectivity index (χ0) is 34.2. The van der Waals surface area contributed by atoms with Crippen LogP contribution in [0.1, 0.15) is 60.8 Å². The van der Waals surface area contributed by atoms with Gasteiger partial charge in [0.15, 0.2) is 0 Å². The summed E-state index contributed by atoms with van der Waals surface area (Å²) < 4.78 is 16.6. The number of rotatable bonds is 10. The van der Waals surface area contributed by atoms with Gasteiger partial charge in [0.1, 0.15) is 23.1 Å². The lowest BCUT2D eigenvalue weighted by Crippen LogP contribution is -2.04. The van der Waals surface area contributed by atoms with Crippen LogP contribution in [0.4, 0.5) is 0 Å². The summed E-state index contributed by atoms with van der Waals surface area (Å²) in [4.78, 5) is 4.72. The molecule has 0 aliphatic rings. The second kappa shape index (κ2) is 13.3. The van der Waals surface area contributed by atoms with E-state index in [1.165, 1.54) is 39.1 Å². The van der Waals surface area contributed by atoms with Crippen molar-refractivity contribution in [3.63, 3.8) is 0 Å². The van der Waals surface area contributed by atoms with Crippen molar-refractivity contribution >= 4 is 21.8 Å². The van der Waals surface area contributed by atoms with E-state index in [1.807, 2.05) is 12.1 Å². The van der Waals surface area contributed by atoms with Crippen LogP contribution in [0.2, 0.25) is 0 Å². The molecule has 6 nitrogen and oxygen atoms in total.